The number of carbonyl (C=O) groups is 1. The van der Waals surface area contributed by atoms with Crippen LogP contribution in [0.4, 0.5) is 21.7 Å². The summed E-state index contributed by atoms with van der Waals surface area (Å²) < 4.78 is 9.77. The molecule has 2 saturated heterocycles. The summed E-state index contributed by atoms with van der Waals surface area (Å²) >= 11 is 1.43. The summed E-state index contributed by atoms with van der Waals surface area (Å²) in [5.41, 5.74) is 0.657. The molecule has 29 heavy (non-hydrogen) atoms. The van der Waals surface area contributed by atoms with E-state index in [0.29, 0.717) is 24.5 Å². The van der Waals surface area contributed by atoms with E-state index in [4.69, 9.17) is 9.51 Å². The Kier molecular flexibility index (Phi) is 4.90. The quantitative estimate of drug-likeness (QED) is 0.664. The molecular formula is C18H22N8O2S. The minimum Gasteiger partial charge on any atom is -0.354 e. The van der Waals surface area contributed by atoms with E-state index >= 15 is 0 Å². The lowest BCUT2D eigenvalue weighted by Gasteiger charge is -2.34. The first-order valence-electron chi connectivity index (χ1n) is 9.72. The Hall–Kier alpha value is -2.92. The number of nitrogens with one attached hydrogen (secondary N) is 2. The van der Waals surface area contributed by atoms with Crippen molar-refractivity contribution in [3.05, 3.63) is 24.3 Å². The van der Waals surface area contributed by atoms with Crippen molar-refractivity contribution in [3.8, 4) is 0 Å². The van der Waals surface area contributed by atoms with Gasteiger partial charge in [0.15, 0.2) is 11.4 Å². The van der Waals surface area contributed by atoms with Gasteiger partial charge in [-0.15, -0.1) is 0 Å². The average Bonchev–Trinajstić information content (AvgIpc) is 3.43. The molecule has 0 radical (unpaired) electrons. The summed E-state index contributed by atoms with van der Waals surface area (Å²) in [5.74, 6) is 1.27. The molecule has 2 amide bonds. The van der Waals surface area contributed by atoms with Gasteiger partial charge in [-0.25, -0.2) is 4.79 Å². The molecule has 2 aromatic heterocycles. The van der Waals surface area contributed by atoms with Crippen LogP contribution in [-0.4, -0.2) is 77.8 Å². The first-order chi connectivity index (χ1) is 14.3. The smallest absolute Gasteiger partial charge is 0.323 e. The van der Waals surface area contributed by atoms with E-state index in [0.717, 1.165) is 55.7 Å². The number of hydrogen-bond donors (Lipinski definition) is 2. The van der Waals surface area contributed by atoms with E-state index in [1.165, 1.54) is 11.5 Å². The fourth-order valence-electron chi connectivity index (χ4n) is 3.59. The van der Waals surface area contributed by atoms with Gasteiger partial charge in [0.05, 0.1) is 5.39 Å². The number of benzene rings is 1. The highest BCUT2D eigenvalue weighted by Crippen LogP contribution is 2.25. The van der Waals surface area contributed by atoms with Crippen molar-refractivity contribution >= 4 is 45.4 Å². The predicted octanol–water partition coefficient (Wildman–Crippen LogP) is 1.44. The third-order valence-electron chi connectivity index (χ3n) is 5.24. The van der Waals surface area contributed by atoms with Gasteiger partial charge in [0, 0.05) is 63.9 Å². The molecule has 11 heteroatoms. The summed E-state index contributed by atoms with van der Waals surface area (Å²) in [6.07, 6.45) is 0. The van der Waals surface area contributed by atoms with Crippen molar-refractivity contribution < 1.29 is 9.32 Å². The van der Waals surface area contributed by atoms with Crippen molar-refractivity contribution in [2.24, 2.45) is 0 Å². The third kappa shape index (κ3) is 3.70. The van der Waals surface area contributed by atoms with Gasteiger partial charge in [0.1, 0.15) is 0 Å². The highest BCUT2D eigenvalue weighted by molar-refractivity contribution is 7.09. The van der Waals surface area contributed by atoms with Gasteiger partial charge >= 0.3 is 6.03 Å². The molecule has 2 N–H and O–H groups in total. The monoisotopic (exact) mass is 414 g/mol. The minimum absolute atomic E-state index is 0.164. The number of anilines is 3. The van der Waals surface area contributed by atoms with E-state index in [1.807, 2.05) is 24.3 Å². The Morgan fingerprint density at radius 1 is 1.07 bits per heavy atom. The molecule has 152 valence electrons. The number of hydrogen-bond acceptors (Lipinski definition) is 9. The molecule has 0 unspecified atom stereocenters. The first kappa shape index (κ1) is 18.1. The lowest BCUT2D eigenvalue weighted by Crippen LogP contribution is -2.50. The minimum atomic E-state index is -0.164. The Balaban J connectivity index is 1.18. The maximum Gasteiger partial charge on any atom is 0.323 e. The van der Waals surface area contributed by atoms with Gasteiger partial charge in [0.25, 0.3) is 0 Å². The molecule has 4 heterocycles. The van der Waals surface area contributed by atoms with Crippen LogP contribution in [0.2, 0.25) is 0 Å². The molecule has 5 rings (SSSR count). The fraction of sp³-hybridized carbons (Fsp3) is 0.444. The van der Waals surface area contributed by atoms with Crippen molar-refractivity contribution in [1.29, 1.82) is 0 Å². The Morgan fingerprint density at radius 3 is 2.69 bits per heavy atom. The molecule has 2 aliphatic rings. The number of urea groups is 1. The molecule has 0 spiro atoms. The molecule has 2 aliphatic heterocycles. The van der Waals surface area contributed by atoms with Crippen molar-refractivity contribution in [2.45, 2.75) is 0 Å². The standard InChI is InChI=1S/C18H22N8O2S/c27-17(20-15-13-3-1-2-4-14(13)28-22-15)25-9-11-26(12-10-25)18-21-16(23-29-18)24-7-5-19-6-8-24/h1-4,19H,5-12H2,(H,20,22,27). The van der Waals surface area contributed by atoms with E-state index in [9.17, 15) is 4.79 Å². The van der Waals surface area contributed by atoms with Crippen LogP contribution in [0.1, 0.15) is 0 Å². The highest BCUT2D eigenvalue weighted by Gasteiger charge is 2.25. The summed E-state index contributed by atoms with van der Waals surface area (Å²) in [6.45, 7) is 6.47. The number of fused-ring (bicyclic) bond motifs is 1. The van der Waals surface area contributed by atoms with Gasteiger partial charge in [-0.2, -0.15) is 9.36 Å². The Bertz CT molecular complexity index is 991. The molecular weight excluding hydrogens is 392 g/mol. The van der Waals surface area contributed by atoms with Crippen LogP contribution in [0.3, 0.4) is 0 Å². The van der Waals surface area contributed by atoms with E-state index in [2.05, 4.69) is 30.0 Å². The number of carbonyl (C=O) groups excluding carboxylic acids is 1. The van der Waals surface area contributed by atoms with Crippen LogP contribution in [-0.2, 0) is 0 Å². The summed E-state index contributed by atoms with van der Waals surface area (Å²) in [7, 11) is 0. The van der Waals surface area contributed by atoms with Crippen LogP contribution in [0, 0.1) is 0 Å². The molecule has 0 bridgehead atoms. The fourth-order valence-corrected chi connectivity index (χ4v) is 4.33. The summed E-state index contributed by atoms with van der Waals surface area (Å²) in [6, 6.07) is 7.31. The number of nitrogens with zero attached hydrogens (tertiary/aromatic N) is 6. The van der Waals surface area contributed by atoms with E-state index in [1.54, 1.807) is 4.90 Å². The lowest BCUT2D eigenvalue weighted by molar-refractivity contribution is 0.208. The second-order valence-corrected chi connectivity index (χ2v) is 7.78. The van der Waals surface area contributed by atoms with Crippen LogP contribution >= 0.6 is 11.5 Å². The van der Waals surface area contributed by atoms with E-state index < -0.39 is 0 Å². The van der Waals surface area contributed by atoms with Gasteiger partial charge in [-0.3, -0.25) is 5.32 Å². The van der Waals surface area contributed by atoms with Gasteiger partial charge in [0.2, 0.25) is 11.1 Å². The Morgan fingerprint density at radius 2 is 1.86 bits per heavy atom. The zero-order valence-electron chi connectivity index (χ0n) is 15.9. The number of amides is 2. The van der Waals surface area contributed by atoms with Crippen LogP contribution < -0.4 is 20.4 Å². The maximum atomic E-state index is 12.6. The maximum absolute atomic E-state index is 12.6. The SMILES string of the molecule is O=C(Nc1noc2ccccc12)N1CCN(c2nc(N3CCNCC3)ns2)CC1. The second kappa shape index (κ2) is 7.84. The number of aromatic nitrogens is 3. The zero-order valence-corrected chi connectivity index (χ0v) is 16.7. The zero-order chi connectivity index (χ0) is 19.6. The van der Waals surface area contributed by atoms with Gasteiger partial charge < -0.3 is 24.5 Å². The Labute approximate surface area is 171 Å². The number of piperazine rings is 2. The molecule has 0 atom stereocenters. The normalized spacial score (nSPS) is 17.7. The van der Waals surface area contributed by atoms with Gasteiger partial charge in [-0.05, 0) is 12.1 Å². The van der Waals surface area contributed by atoms with Crippen LogP contribution in [0.15, 0.2) is 28.8 Å². The third-order valence-corrected chi connectivity index (χ3v) is 6.01. The van der Waals surface area contributed by atoms with Crippen LogP contribution in [0.5, 0.6) is 0 Å². The van der Waals surface area contributed by atoms with Crippen molar-refractivity contribution in [3.63, 3.8) is 0 Å². The molecule has 2 fully saturated rings. The highest BCUT2D eigenvalue weighted by atomic mass is 32.1. The van der Waals surface area contributed by atoms with Gasteiger partial charge in [-0.1, -0.05) is 17.3 Å². The molecule has 0 aliphatic carbocycles. The van der Waals surface area contributed by atoms with E-state index in [-0.39, 0.29) is 6.03 Å². The van der Waals surface area contributed by atoms with Crippen molar-refractivity contribution in [1.82, 2.24) is 24.7 Å². The molecule has 0 saturated carbocycles. The number of rotatable bonds is 3. The molecule has 10 nitrogen and oxygen atoms in total. The first-order valence-corrected chi connectivity index (χ1v) is 10.5. The summed E-state index contributed by atoms with van der Waals surface area (Å²) in [4.78, 5) is 23.5. The van der Waals surface area contributed by atoms with Crippen molar-refractivity contribution in [2.75, 3.05) is 67.5 Å². The second-order valence-electron chi connectivity index (χ2n) is 7.05. The molecule has 3 aromatic rings. The largest absolute Gasteiger partial charge is 0.354 e. The molecule has 1 aromatic carbocycles. The predicted molar refractivity (Wildman–Crippen MR) is 112 cm³/mol. The summed E-state index contributed by atoms with van der Waals surface area (Å²) in [5, 5.41) is 11.9. The van der Waals surface area contributed by atoms with Crippen LogP contribution in [0.25, 0.3) is 11.0 Å². The lowest BCUT2D eigenvalue weighted by atomic mass is 10.2. The number of para-hydroxylation sites is 1. The topological polar surface area (TPSA) is 103 Å². The average molecular weight is 414 g/mol.